The molecule has 0 radical (unpaired) electrons. The van der Waals surface area contributed by atoms with E-state index in [4.69, 9.17) is 11.6 Å². The SMILES string of the molecule is Fc1c[nH]c2c(Br)cc(Cl)cc12. The van der Waals surface area contributed by atoms with Crippen molar-refractivity contribution in [3.63, 3.8) is 0 Å². The minimum atomic E-state index is -0.284. The van der Waals surface area contributed by atoms with Crippen LogP contribution in [0.1, 0.15) is 0 Å². The maximum atomic E-state index is 13.0. The molecule has 1 heterocycles. The first-order chi connectivity index (χ1) is 5.68. The lowest BCUT2D eigenvalue weighted by Crippen LogP contribution is -1.72. The number of aromatic nitrogens is 1. The maximum Gasteiger partial charge on any atom is 0.148 e. The number of hydrogen-bond donors (Lipinski definition) is 1. The van der Waals surface area contributed by atoms with Crippen LogP contribution < -0.4 is 0 Å². The van der Waals surface area contributed by atoms with Gasteiger partial charge in [-0.3, -0.25) is 0 Å². The van der Waals surface area contributed by atoms with Crippen molar-refractivity contribution in [3.8, 4) is 0 Å². The standard InChI is InChI=1S/C8H4BrClFN/c9-6-2-4(10)1-5-7(11)3-12-8(5)6/h1-3,12H. The highest BCUT2D eigenvalue weighted by molar-refractivity contribution is 9.10. The van der Waals surface area contributed by atoms with Crippen LogP contribution >= 0.6 is 27.5 Å². The van der Waals surface area contributed by atoms with Gasteiger partial charge in [0, 0.05) is 21.1 Å². The predicted octanol–water partition coefficient (Wildman–Crippen LogP) is 3.72. The molecule has 0 bridgehead atoms. The first kappa shape index (κ1) is 8.08. The molecule has 1 nitrogen and oxygen atoms in total. The minimum absolute atomic E-state index is 0.284. The van der Waals surface area contributed by atoms with Gasteiger partial charge in [-0.05, 0) is 28.1 Å². The van der Waals surface area contributed by atoms with Crippen molar-refractivity contribution in [3.05, 3.63) is 33.6 Å². The molecule has 2 aromatic rings. The molecule has 0 fully saturated rings. The van der Waals surface area contributed by atoms with Gasteiger partial charge in [0.25, 0.3) is 0 Å². The number of aromatic amines is 1. The Labute approximate surface area is 81.7 Å². The first-order valence-corrected chi connectivity index (χ1v) is 4.47. The zero-order valence-electron chi connectivity index (χ0n) is 5.87. The Kier molecular flexibility index (Phi) is 1.85. The molecule has 62 valence electrons. The van der Waals surface area contributed by atoms with Crippen LogP contribution in [0.2, 0.25) is 5.02 Å². The van der Waals surface area contributed by atoms with E-state index in [0.29, 0.717) is 10.4 Å². The molecule has 2 rings (SSSR count). The lowest BCUT2D eigenvalue weighted by molar-refractivity contribution is 0.639. The summed E-state index contributed by atoms with van der Waals surface area (Å²) in [6.45, 7) is 0. The summed E-state index contributed by atoms with van der Waals surface area (Å²) in [6, 6.07) is 3.31. The Morgan fingerprint density at radius 3 is 2.92 bits per heavy atom. The molecule has 0 unspecified atom stereocenters. The Morgan fingerprint density at radius 1 is 1.42 bits per heavy atom. The van der Waals surface area contributed by atoms with Crippen LogP contribution in [0.3, 0.4) is 0 Å². The molecular formula is C8H4BrClFN. The van der Waals surface area contributed by atoms with E-state index in [0.717, 1.165) is 9.99 Å². The molecule has 4 heteroatoms. The molecule has 0 aliphatic rings. The highest BCUT2D eigenvalue weighted by Gasteiger charge is 2.06. The highest BCUT2D eigenvalue weighted by atomic mass is 79.9. The molecule has 0 aliphatic heterocycles. The summed E-state index contributed by atoms with van der Waals surface area (Å²) < 4.78 is 13.8. The van der Waals surface area contributed by atoms with E-state index in [1.165, 1.54) is 6.20 Å². The van der Waals surface area contributed by atoms with Gasteiger partial charge in [0.2, 0.25) is 0 Å². The second-order valence-corrected chi connectivity index (χ2v) is 3.74. The van der Waals surface area contributed by atoms with Gasteiger partial charge in [-0.15, -0.1) is 0 Å². The molecular weight excluding hydrogens is 244 g/mol. The number of hydrogen-bond acceptors (Lipinski definition) is 0. The van der Waals surface area contributed by atoms with E-state index in [1.807, 2.05) is 0 Å². The van der Waals surface area contributed by atoms with Crippen LogP contribution in [0.4, 0.5) is 4.39 Å². The van der Waals surface area contributed by atoms with Gasteiger partial charge in [0.05, 0.1) is 5.52 Å². The van der Waals surface area contributed by atoms with E-state index in [1.54, 1.807) is 12.1 Å². The van der Waals surface area contributed by atoms with Gasteiger partial charge in [0.1, 0.15) is 5.82 Å². The summed E-state index contributed by atoms with van der Waals surface area (Å²) in [5, 5.41) is 1.03. The molecule has 1 N–H and O–H groups in total. The summed E-state index contributed by atoms with van der Waals surface area (Å²) in [7, 11) is 0. The van der Waals surface area contributed by atoms with E-state index < -0.39 is 0 Å². The second-order valence-electron chi connectivity index (χ2n) is 2.45. The monoisotopic (exact) mass is 247 g/mol. The molecule has 1 aromatic heterocycles. The van der Waals surface area contributed by atoms with Gasteiger partial charge in [-0.25, -0.2) is 4.39 Å². The number of fused-ring (bicyclic) bond motifs is 1. The molecule has 1 aromatic carbocycles. The molecule has 12 heavy (non-hydrogen) atoms. The molecule has 0 atom stereocenters. The van der Waals surface area contributed by atoms with Gasteiger partial charge < -0.3 is 4.98 Å². The van der Waals surface area contributed by atoms with Crippen LogP contribution in [0.5, 0.6) is 0 Å². The summed E-state index contributed by atoms with van der Waals surface area (Å²) >= 11 is 9.02. The van der Waals surface area contributed by atoms with E-state index >= 15 is 0 Å². The first-order valence-electron chi connectivity index (χ1n) is 3.30. The molecule has 0 aliphatic carbocycles. The number of rotatable bonds is 0. The molecule has 0 amide bonds. The zero-order chi connectivity index (χ0) is 8.72. The Morgan fingerprint density at radius 2 is 2.17 bits per heavy atom. The normalized spacial score (nSPS) is 10.9. The topological polar surface area (TPSA) is 15.8 Å². The Bertz CT molecular complexity index is 438. The summed E-state index contributed by atoms with van der Waals surface area (Å²) in [5.74, 6) is -0.284. The fourth-order valence-electron chi connectivity index (χ4n) is 1.12. The fourth-order valence-corrected chi connectivity index (χ4v) is 2.05. The van der Waals surface area contributed by atoms with Crippen molar-refractivity contribution in [1.29, 1.82) is 0 Å². The van der Waals surface area contributed by atoms with Gasteiger partial charge in [0.15, 0.2) is 0 Å². The number of nitrogens with one attached hydrogen (secondary N) is 1. The summed E-state index contributed by atoms with van der Waals surface area (Å²) in [6.07, 6.45) is 1.31. The van der Waals surface area contributed by atoms with Crippen LogP contribution in [-0.2, 0) is 0 Å². The predicted molar refractivity (Wildman–Crippen MR) is 51.0 cm³/mol. The second kappa shape index (κ2) is 2.75. The van der Waals surface area contributed by atoms with Crippen molar-refractivity contribution < 1.29 is 4.39 Å². The summed E-state index contributed by atoms with van der Waals surface area (Å²) in [4.78, 5) is 2.80. The fraction of sp³-hybridized carbons (Fsp3) is 0. The Hall–Kier alpha value is -0.540. The summed E-state index contributed by atoms with van der Waals surface area (Å²) in [5.41, 5.74) is 0.733. The van der Waals surface area contributed by atoms with Crippen molar-refractivity contribution in [2.75, 3.05) is 0 Å². The van der Waals surface area contributed by atoms with Crippen LogP contribution in [0.15, 0.2) is 22.8 Å². The van der Waals surface area contributed by atoms with Crippen molar-refractivity contribution in [1.82, 2.24) is 4.98 Å². The van der Waals surface area contributed by atoms with Gasteiger partial charge in [-0.1, -0.05) is 11.6 Å². The smallest absolute Gasteiger partial charge is 0.148 e. The van der Waals surface area contributed by atoms with Crippen LogP contribution in [0.25, 0.3) is 10.9 Å². The number of H-pyrrole nitrogens is 1. The van der Waals surface area contributed by atoms with E-state index in [-0.39, 0.29) is 5.82 Å². The van der Waals surface area contributed by atoms with Gasteiger partial charge >= 0.3 is 0 Å². The number of halogens is 3. The van der Waals surface area contributed by atoms with E-state index in [2.05, 4.69) is 20.9 Å². The van der Waals surface area contributed by atoms with Gasteiger partial charge in [-0.2, -0.15) is 0 Å². The molecule has 0 saturated carbocycles. The third kappa shape index (κ3) is 1.13. The maximum absolute atomic E-state index is 13.0. The quantitative estimate of drug-likeness (QED) is 0.731. The molecule has 0 spiro atoms. The molecule has 0 saturated heterocycles. The van der Waals surface area contributed by atoms with Crippen molar-refractivity contribution in [2.45, 2.75) is 0 Å². The average molecular weight is 248 g/mol. The zero-order valence-corrected chi connectivity index (χ0v) is 8.21. The van der Waals surface area contributed by atoms with Crippen molar-refractivity contribution >= 4 is 38.4 Å². The van der Waals surface area contributed by atoms with Crippen molar-refractivity contribution in [2.24, 2.45) is 0 Å². The third-order valence-corrected chi connectivity index (χ3v) is 2.50. The lowest BCUT2D eigenvalue weighted by Gasteiger charge is -1.95. The van der Waals surface area contributed by atoms with E-state index in [9.17, 15) is 4.39 Å². The van der Waals surface area contributed by atoms with Crippen LogP contribution in [0, 0.1) is 5.82 Å². The largest absolute Gasteiger partial charge is 0.358 e. The third-order valence-electron chi connectivity index (χ3n) is 1.66. The Balaban J connectivity index is 2.92. The average Bonchev–Trinajstić information content (AvgIpc) is 2.33. The lowest BCUT2D eigenvalue weighted by atomic mass is 10.2. The minimum Gasteiger partial charge on any atom is -0.358 e. The number of benzene rings is 1. The highest BCUT2D eigenvalue weighted by Crippen LogP contribution is 2.28. The van der Waals surface area contributed by atoms with Crippen LogP contribution in [-0.4, -0.2) is 4.98 Å².